The van der Waals surface area contributed by atoms with Gasteiger partial charge in [-0.15, -0.1) is 0 Å². The summed E-state index contributed by atoms with van der Waals surface area (Å²) in [5.41, 5.74) is 2.29. The van der Waals surface area contributed by atoms with Gasteiger partial charge in [0.25, 0.3) is 0 Å². The summed E-state index contributed by atoms with van der Waals surface area (Å²) in [6.45, 7) is 5.81. The topological polar surface area (TPSA) is 0 Å². The lowest BCUT2D eigenvalue weighted by Crippen LogP contribution is -1.80. The van der Waals surface area contributed by atoms with Crippen molar-refractivity contribution in [3.63, 3.8) is 0 Å². The minimum absolute atomic E-state index is 0.803. The standard InChI is InChI=1S/C11H12Cl/c1-3-6-9(2)10-7-4-5-8-11(10)12/h4-8H,1,3H2,2H3. The number of benzene rings is 1. The van der Waals surface area contributed by atoms with E-state index in [1.165, 1.54) is 5.57 Å². The summed E-state index contributed by atoms with van der Waals surface area (Å²) in [4.78, 5) is 0. The van der Waals surface area contributed by atoms with Crippen molar-refractivity contribution in [3.05, 3.63) is 47.9 Å². The van der Waals surface area contributed by atoms with Gasteiger partial charge >= 0.3 is 0 Å². The zero-order valence-electron chi connectivity index (χ0n) is 7.18. The van der Waals surface area contributed by atoms with Crippen LogP contribution in [-0.2, 0) is 0 Å². The summed E-state index contributed by atoms with van der Waals surface area (Å²) in [6.07, 6.45) is 2.87. The fourth-order valence-electron chi connectivity index (χ4n) is 1.11. The monoisotopic (exact) mass is 179 g/mol. The van der Waals surface area contributed by atoms with Crippen molar-refractivity contribution in [3.8, 4) is 0 Å². The van der Waals surface area contributed by atoms with Crippen molar-refractivity contribution in [1.29, 1.82) is 0 Å². The second kappa shape index (κ2) is 4.32. The number of rotatable bonds is 2. The van der Waals surface area contributed by atoms with E-state index in [1.807, 2.05) is 31.2 Å². The Hall–Kier alpha value is -0.750. The fourth-order valence-corrected chi connectivity index (χ4v) is 1.39. The van der Waals surface area contributed by atoms with Gasteiger partial charge in [0.1, 0.15) is 0 Å². The molecule has 1 aromatic rings. The van der Waals surface area contributed by atoms with E-state index >= 15 is 0 Å². The van der Waals surface area contributed by atoms with Crippen LogP contribution in [0.15, 0.2) is 30.3 Å². The summed E-state index contributed by atoms with van der Waals surface area (Å²) in [5.74, 6) is 0. The van der Waals surface area contributed by atoms with E-state index < -0.39 is 0 Å². The largest absolute Gasteiger partial charge is 0.0837 e. The van der Waals surface area contributed by atoms with E-state index in [2.05, 4.69) is 13.0 Å². The van der Waals surface area contributed by atoms with Gasteiger partial charge in [-0.25, -0.2) is 0 Å². The van der Waals surface area contributed by atoms with Crippen molar-refractivity contribution < 1.29 is 0 Å². The second-order valence-electron chi connectivity index (χ2n) is 2.66. The third-order valence-corrected chi connectivity index (χ3v) is 2.08. The lowest BCUT2D eigenvalue weighted by Gasteiger charge is -2.02. The molecule has 0 nitrogen and oxygen atoms in total. The fraction of sp³-hybridized carbons (Fsp3) is 0.182. The maximum Gasteiger partial charge on any atom is 0.0480 e. The first kappa shape index (κ1) is 9.34. The molecule has 63 valence electrons. The van der Waals surface area contributed by atoms with Crippen LogP contribution in [0, 0.1) is 6.92 Å². The highest BCUT2D eigenvalue weighted by Crippen LogP contribution is 2.22. The maximum atomic E-state index is 5.99. The Morgan fingerprint density at radius 3 is 2.75 bits per heavy atom. The molecule has 0 saturated carbocycles. The molecule has 0 atom stereocenters. The SMILES string of the molecule is [CH2]CC=C(C)c1ccccc1Cl. The summed E-state index contributed by atoms with van der Waals surface area (Å²) < 4.78 is 0. The smallest absolute Gasteiger partial charge is 0.0480 e. The van der Waals surface area contributed by atoms with E-state index in [0.717, 1.165) is 17.0 Å². The minimum atomic E-state index is 0.803. The quantitative estimate of drug-likeness (QED) is 0.645. The van der Waals surface area contributed by atoms with Gasteiger partial charge in [0, 0.05) is 5.02 Å². The van der Waals surface area contributed by atoms with Gasteiger partial charge in [-0.05, 0) is 37.5 Å². The van der Waals surface area contributed by atoms with Crippen LogP contribution in [0.5, 0.6) is 0 Å². The van der Waals surface area contributed by atoms with Gasteiger partial charge in [-0.1, -0.05) is 35.9 Å². The average molecular weight is 180 g/mol. The highest BCUT2D eigenvalue weighted by atomic mass is 35.5. The minimum Gasteiger partial charge on any atom is -0.0837 e. The van der Waals surface area contributed by atoms with Crippen LogP contribution in [0.4, 0.5) is 0 Å². The third-order valence-electron chi connectivity index (χ3n) is 1.75. The van der Waals surface area contributed by atoms with Gasteiger partial charge < -0.3 is 0 Å². The van der Waals surface area contributed by atoms with Gasteiger partial charge in [0.15, 0.2) is 0 Å². The Bertz CT molecular complexity index is 287. The van der Waals surface area contributed by atoms with Crippen LogP contribution >= 0.6 is 11.6 Å². The Labute approximate surface area is 78.9 Å². The predicted octanol–water partition coefficient (Wildman–Crippen LogP) is 3.97. The molecule has 0 heterocycles. The van der Waals surface area contributed by atoms with E-state index in [1.54, 1.807) is 0 Å². The van der Waals surface area contributed by atoms with E-state index in [0.29, 0.717) is 0 Å². The summed E-state index contributed by atoms with van der Waals surface area (Å²) >= 11 is 5.99. The molecule has 0 aliphatic heterocycles. The Morgan fingerprint density at radius 1 is 1.50 bits per heavy atom. The summed E-state index contributed by atoms with van der Waals surface area (Å²) in [6, 6.07) is 7.84. The van der Waals surface area contributed by atoms with Crippen LogP contribution < -0.4 is 0 Å². The zero-order valence-corrected chi connectivity index (χ0v) is 7.93. The van der Waals surface area contributed by atoms with Crippen molar-refractivity contribution in [1.82, 2.24) is 0 Å². The first-order valence-electron chi connectivity index (χ1n) is 3.96. The first-order chi connectivity index (χ1) is 5.75. The zero-order chi connectivity index (χ0) is 8.97. The molecule has 1 aromatic carbocycles. The molecule has 12 heavy (non-hydrogen) atoms. The molecule has 1 heteroatoms. The normalized spacial score (nSPS) is 11.8. The van der Waals surface area contributed by atoms with E-state index in [9.17, 15) is 0 Å². The highest BCUT2D eigenvalue weighted by molar-refractivity contribution is 6.32. The van der Waals surface area contributed by atoms with Crippen molar-refractivity contribution in [2.24, 2.45) is 0 Å². The molecule has 0 saturated heterocycles. The van der Waals surface area contributed by atoms with Gasteiger partial charge in [0.05, 0.1) is 0 Å². The van der Waals surface area contributed by atoms with E-state index in [4.69, 9.17) is 11.6 Å². The molecule has 0 aromatic heterocycles. The molecule has 0 aliphatic rings. The van der Waals surface area contributed by atoms with Crippen LogP contribution in [0.1, 0.15) is 18.9 Å². The number of hydrogen-bond acceptors (Lipinski definition) is 0. The van der Waals surface area contributed by atoms with Crippen molar-refractivity contribution in [2.75, 3.05) is 0 Å². The molecule has 0 bridgehead atoms. The number of halogens is 1. The molecule has 1 radical (unpaired) electrons. The highest BCUT2D eigenvalue weighted by Gasteiger charge is 1.98. The molecular formula is C11H12Cl. The molecule has 0 aliphatic carbocycles. The number of allylic oxidation sites excluding steroid dienone is 2. The molecule has 0 N–H and O–H groups in total. The van der Waals surface area contributed by atoms with Crippen LogP contribution in [-0.4, -0.2) is 0 Å². The molecule has 1 rings (SSSR count). The predicted molar refractivity (Wildman–Crippen MR) is 55.1 cm³/mol. The summed E-state index contributed by atoms with van der Waals surface area (Å²) in [7, 11) is 0. The molecule has 0 spiro atoms. The number of hydrogen-bond donors (Lipinski definition) is 0. The van der Waals surface area contributed by atoms with E-state index in [-0.39, 0.29) is 0 Å². The maximum absolute atomic E-state index is 5.99. The lowest BCUT2D eigenvalue weighted by molar-refractivity contribution is 1.38. The van der Waals surface area contributed by atoms with Crippen LogP contribution in [0.3, 0.4) is 0 Å². The van der Waals surface area contributed by atoms with Crippen molar-refractivity contribution >= 4 is 17.2 Å². The van der Waals surface area contributed by atoms with Crippen LogP contribution in [0.2, 0.25) is 5.02 Å². The molecule has 0 fully saturated rings. The van der Waals surface area contributed by atoms with Gasteiger partial charge in [0.2, 0.25) is 0 Å². The average Bonchev–Trinajstić information content (AvgIpc) is 2.05. The van der Waals surface area contributed by atoms with Crippen molar-refractivity contribution in [2.45, 2.75) is 13.3 Å². The first-order valence-corrected chi connectivity index (χ1v) is 4.34. The molecule has 0 unspecified atom stereocenters. The summed E-state index contributed by atoms with van der Waals surface area (Å²) in [5, 5.41) is 0.805. The Morgan fingerprint density at radius 2 is 2.17 bits per heavy atom. The lowest BCUT2D eigenvalue weighted by atomic mass is 10.1. The second-order valence-corrected chi connectivity index (χ2v) is 3.06. The molecular weight excluding hydrogens is 168 g/mol. The van der Waals surface area contributed by atoms with Gasteiger partial charge in [-0.2, -0.15) is 0 Å². The Balaban J connectivity index is 3.02. The Kier molecular flexibility index (Phi) is 3.36. The third kappa shape index (κ3) is 2.12. The molecule has 0 amide bonds. The van der Waals surface area contributed by atoms with Gasteiger partial charge in [-0.3, -0.25) is 0 Å². The van der Waals surface area contributed by atoms with Crippen LogP contribution in [0.25, 0.3) is 5.57 Å².